The number of hydrogen-bond acceptors (Lipinski definition) is 4. The Labute approximate surface area is 130 Å². The molecule has 2 rings (SSSR count). The van der Waals surface area contributed by atoms with Gasteiger partial charge in [-0.05, 0) is 52.2 Å². The summed E-state index contributed by atoms with van der Waals surface area (Å²) in [6.07, 6.45) is 1.21. The second-order valence-corrected chi connectivity index (χ2v) is 6.51. The summed E-state index contributed by atoms with van der Waals surface area (Å²) in [5, 5.41) is 9.12. The molecule has 1 atom stereocenters. The highest BCUT2D eigenvalue weighted by Gasteiger charge is 2.29. The van der Waals surface area contributed by atoms with E-state index in [2.05, 4.69) is 4.98 Å². The second-order valence-electron chi connectivity index (χ2n) is 6.51. The van der Waals surface area contributed by atoms with Crippen LogP contribution in [0.3, 0.4) is 0 Å². The van der Waals surface area contributed by atoms with Crippen LogP contribution in [-0.4, -0.2) is 34.3 Å². The standard InChI is InChI=1S/C16H22N2O4/c1-10(14(19)20)12-8-7-11-6-5-9-18(13(11)17-12)15(21)22-16(2,3)4/h7-8,10H,5-6,9H2,1-4H3,(H,19,20). The predicted octanol–water partition coefficient (Wildman–Crippen LogP) is 2.96. The first kappa shape index (κ1) is 16.3. The van der Waals surface area contributed by atoms with Crippen LogP contribution in [0.15, 0.2) is 12.1 Å². The molecule has 1 N–H and O–H groups in total. The number of ether oxygens (including phenoxy) is 1. The molecule has 1 aliphatic heterocycles. The monoisotopic (exact) mass is 306 g/mol. The number of pyridine rings is 1. The SMILES string of the molecule is CC(C(=O)O)c1ccc2c(n1)N(C(=O)OC(C)(C)C)CCC2. The Bertz CT molecular complexity index is 592. The molecule has 1 unspecified atom stereocenters. The highest BCUT2D eigenvalue weighted by molar-refractivity contribution is 5.88. The van der Waals surface area contributed by atoms with Gasteiger partial charge in [0.25, 0.3) is 0 Å². The van der Waals surface area contributed by atoms with Crippen LogP contribution in [0.5, 0.6) is 0 Å². The van der Waals surface area contributed by atoms with Gasteiger partial charge in [0.05, 0.1) is 11.6 Å². The predicted molar refractivity (Wildman–Crippen MR) is 82.2 cm³/mol. The van der Waals surface area contributed by atoms with E-state index in [9.17, 15) is 9.59 Å². The highest BCUT2D eigenvalue weighted by atomic mass is 16.6. The minimum Gasteiger partial charge on any atom is -0.481 e. The number of rotatable bonds is 2. The van der Waals surface area contributed by atoms with E-state index >= 15 is 0 Å². The number of aliphatic carboxylic acids is 1. The van der Waals surface area contributed by atoms with E-state index in [0.717, 1.165) is 18.4 Å². The molecular formula is C16H22N2O4. The molecule has 0 saturated carbocycles. The van der Waals surface area contributed by atoms with E-state index < -0.39 is 23.6 Å². The molecule has 0 saturated heterocycles. The minimum atomic E-state index is -0.938. The van der Waals surface area contributed by atoms with Crippen molar-refractivity contribution in [2.75, 3.05) is 11.4 Å². The minimum absolute atomic E-state index is 0.443. The van der Waals surface area contributed by atoms with Crippen molar-refractivity contribution in [1.29, 1.82) is 0 Å². The number of nitrogens with zero attached hydrogens (tertiary/aromatic N) is 2. The summed E-state index contributed by atoms with van der Waals surface area (Å²) in [4.78, 5) is 29.4. The van der Waals surface area contributed by atoms with Gasteiger partial charge in [0.1, 0.15) is 11.4 Å². The molecule has 0 aliphatic carbocycles. The Balaban J connectivity index is 2.34. The first-order chi connectivity index (χ1) is 10.2. The van der Waals surface area contributed by atoms with Crippen molar-refractivity contribution in [3.05, 3.63) is 23.4 Å². The van der Waals surface area contributed by atoms with Gasteiger partial charge in [0.15, 0.2) is 0 Å². The molecule has 6 heteroatoms. The topological polar surface area (TPSA) is 79.7 Å². The zero-order chi connectivity index (χ0) is 16.5. The largest absolute Gasteiger partial charge is 0.481 e. The maximum atomic E-state index is 12.3. The molecule has 1 aromatic rings. The lowest BCUT2D eigenvalue weighted by atomic mass is 10.0. The Morgan fingerprint density at radius 1 is 1.36 bits per heavy atom. The molecular weight excluding hydrogens is 284 g/mol. The second kappa shape index (κ2) is 5.94. The molecule has 6 nitrogen and oxygen atoms in total. The number of carboxylic acids is 1. The number of carbonyl (C=O) groups excluding carboxylic acids is 1. The van der Waals surface area contributed by atoms with Crippen LogP contribution in [-0.2, 0) is 16.0 Å². The van der Waals surface area contributed by atoms with Crippen molar-refractivity contribution < 1.29 is 19.4 Å². The summed E-state index contributed by atoms with van der Waals surface area (Å²) >= 11 is 0. The maximum Gasteiger partial charge on any atom is 0.416 e. The van der Waals surface area contributed by atoms with Gasteiger partial charge in [-0.25, -0.2) is 9.78 Å². The Morgan fingerprint density at radius 2 is 2.05 bits per heavy atom. The molecule has 0 radical (unpaired) electrons. The molecule has 1 aromatic heterocycles. The Morgan fingerprint density at radius 3 is 2.64 bits per heavy atom. The smallest absolute Gasteiger partial charge is 0.416 e. The van der Waals surface area contributed by atoms with Gasteiger partial charge in [-0.1, -0.05) is 6.07 Å². The summed E-state index contributed by atoms with van der Waals surface area (Å²) in [5.74, 6) is -1.13. The summed E-state index contributed by atoms with van der Waals surface area (Å²) in [6.45, 7) is 7.54. The van der Waals surface area contributed by atoms with Gasteiger partial charge < -0.3 is 9.84 Å². The number of aromatic nitrogens is 1. The van der Waals surface area contributed by atoms with E-state index in [1.54, 1.807) is 13.0 Å². The van der Waals surface area contributed by atoms with Crippen molar-refractivity contribution in [3.8, 4) is 0 Å². The third kappa shape index (κ3) is 3.55. The fourth-order valence-corrected chi connectivity index (χ4v) is 2.32. The number of carboxylic acid groups (broad SMARTS) is 1. The molecule has 0 spiro atoms. The van der Waals surface area contributed by atoms with E-state index in [-0.39, 0.29) is 0 Å². The lowest BCUT2D eigenvalue weighted by Crippen LogP contribution is -2.40. The normalized spacial score (nSPS) is 15.9. The van der Waals surface area contributed by atoms with Crippen LogP contribution >= 0.6 is 0 Å². The van der Waals surface area contributed by atoms with Crippen molar-refractivity contribution in [2.45, 2.75) is 52.1 Å². The summed E-state index contributed by atoms with van der Waals surface area (Å²) in [6, 6.07) is 3.57. The van der Waals surface area contributed by atoms with Gasteiger partial charge in [0, 0.05) is 6.54 Å². The Hall–Kier alpha value is -2.11. The van der Waals surface area contributed by atoms with Gasteiger partial charge in [-0.2, -0.15) is 0 Å². The molecule has 1 aliphatic rings. The number of fused-ring (bicyclic) bond motifs is 1. The molecule has 22 heavy (non-hydrogen) atoms. The number of amides is 1. The zero-order valence-corrected chi connectivity index (χ0v) is 13.4. The van der Waals surface area contributed by atoms with Gasteiger partial charge >= 0.3 is 12.1 Å². The Kier molecular flexibility index (Phi) is 4.39. The molecule has 0 aromatic carbocycles. The van der Waals surface area contributed by atoms with E-state index in [4.69, 9.17) is 9.84 Å². The fraction of sp³-hybridized carbons (Fsp3) is 0.562. The van der Waals surface area contributed by atoms with E-state index in [0.29, 0.717) is 18.1 Å². The average molecular weight is 306 g/mol. The highest BCUT2D eigenvalue weighted by Crippen LogP contribution is 2.28. The van der Waals surface area contributed by atoms with E-state index in [1.165, 1.54) is 4.90 Å². The summed E-state index contributed by atoms with van der Waals surface area (Å²) < 4.78 is 5.41. The van der Waals surface area contributed by atoms with Crippen LogP contribution in [0.4, 0.5) is 10.6 Å². The quantitative estimate of drug-likeness (QED) is 0.908. The molecule has 0 bridgehead atoms. The van der Waals surface area contributed by atoms with Crippen LogP contribution < -0.4 is 4.90 Å². The third-order valence-electron chi connectivity index (χ3n) is 3.49. The maximum absolute atomic E-state index is 12.3. The third-order valence-corrected chi connectivity index (χ3v) is 3.49. The van der Waals surface area contributed by atoms with Crippen LogP contribution in [0.1, 0.15) is 51.3 Å². The fourth-order valence-electron chi connectivity index (χ4n) is 2.32. The van der Waals surface area contributed by atoms with Crippen LogP contribution in [0.25, 0.3) is 0 Å². The number of carbonyl (C=O) groups is 2. The first-order valence-electron chi connectivity index (χ1n) is 7.42. The molecule has 0 fully saturated rings. The lowest BCUT2D eigenvalue weighted by molar-refractivity contribution is -0.138. The van der Waals surface area contributed by atoms with Crippen molar-refractivity contribution in [1.82, 2.24) is 4.98 Å². The number of anilines is 1. The van der Waals surface area contributed by atoms with Crippen molar-refractivity contribution >= 4 is 17.9 Å². The van der Waals surface area contributed by atoms with Crippen molar-refractivity contribution in [3.63, 3.8) is 0 Å². The molecule has 2 heterocycles. The van der Waals surface area contributed by atoms with E-state index in [1.807, 2.05) is 26.8 Å². The van der Waals surface area contributed by atoms with Gasteiger partial charge in [0.2, 0.25) is 0 Å². The first-order valence-corrected chi connectivity index (χ1v) is 7.42. The number of hydrogen-bond donors (Lipinski definition) is 1. The lowest BCUT2D eigenvalue weighted by Gasteiger charge is -2.31. The number of aryl methyl sites for hydroxylation is 1. The molecule has 1 amide bonds. The zero-order valence-electron chi connectivity index (χ0n) is 13.4. The van der Waals surface area contributed by atoms with Gasteiger partial charge in [-0.3, -0.25) is 9.69 Å². The molecule has 120 valence electrons. The summed E-state index contributed by atoms with van der Waals surface area (Å²) in [7, 11) is 0. The van der Waals surface area contributed by atoms with Crippen LogP contribution in [0.2, 0.25) is 0 Å². The van der Waals surface area contributed by atoms with Crippen LogP contribution in [0, 0.1) is 0 Å². The van der Waals surface area contributed by atoms with Gasteiger partial charge in [-0.15, -0.1) is 0 Å². The summed E-state index contributed by atoms with van der Waals surface area (Å²) in [5.41, 5.74) is 0.806. The van der Waals surface area contributed by atoms with Crippen molar-refractivity contribution in [2.24, 2.45) is 0 Å². The average Bonchev–Trinajstić information content (AvgIpc) is 2.43.